The first-order valence-corrected chi connectivity index (χ1v) is 16.3. The Morgan fingerprint density at radius 1 is 1.10 bits per heavy atom. The van der Waals surface area contributed by atoms with Crippen molar-refractivity contribution in [3.8, 4) is 0 Å². The second-order valence-corrected chi connectivity index (χ2v) is 15.2. The summed E-state index contributed by atoms with van der Waals surface area (Å²) in [7, 11) is -2.36. The van der Waals surface area contributed by atoms with E-state index in [4.69, 9.17) is 0 Å². The molecule has 2 saturated carbocycles. The fourth-order valence-electron chi connectivity index (χ4n) is 9.04. The third-order valence-corrected chi connectivity index (χ3v) is 13.6. The van der Waals surface area contributed by atoms with E-state index in [0.29, 0.717) is 25.9 Å². The van der Waals surface area contributed by atoms with Crippen LogP contribution in [0.2, 0.25) is 0 Å². The minimum atomic E-state index is -3.63. The lowest BCUT2D eigenvalue weighted by atomic mass is 9.68. The number of nitrogens with zero attached hydrogens (tertiary/aromatic N) is 2. The molecule has 1 aromatic rings. The van der Waals surface area contributed by atoms with E-state index < -0.39 is 33.5 Å². The maximum absolute atomic E-state index is 14.1. The summed E-state index contributed by atoms with van der Waals surface area (Å²) in [6, 6.07) is 7.32. The number of benzene rings is 1. The molecule has 10 heteroatoms. The van der Waals surface area contributed by atoms with E-state index in [1.54, 1.807) is 4.31 Å². The lowest BCUT2D eigenvalue weighted by Crippen LogP contribution is -2.57. The topological polar surface area (TPSA) is 113 Å². The molecule has 1 N–H and O–H groups in total. The van der Waals surface area contributed by atoms with Crippen molar-refractivity contribution in [2.45, 2.75) is 82.7 Å². The molecule has 218 valence electrons. The first-order valence-electron chi connectivity index (χ1n) is 14.7. The first kappa shape index (κ1) is 27.8. The Hall–Kier alpha value is -2.30. The van der Waals surface area contributed by atoms with Gasteiger partial charge in [0.15, 0.2) is 0 Å². The number of likely N-dealkylation sites (tertiary alicyclic amines) is 1. The molecule has 2 saturated heterocycles. The van der Waals surface area contributed by atoms with E-state index in [9.17, 15) is 22.8 Å². The molecule has 2 amide bonds. The quantitative estimate of drug-likeness (QED) is 0.395. The molecule has 6 rings (SSSR count). The molecule has 1 aromatic carbocycles. The van der Waals surface area contributed by atoms with Crippen LogP contribution >= 0.6 is 0 Å². The van der Waals surface area contributed by atoms with Crippen molar-refractivity contribution in [1.82, 2.24) is 14.5 Å². The normalized spacial score (nSPS) is 32.7. The van der Waals surface area contributed by atoms with E-state index in [1.165, 1.54) is 23.1 Å². The predicted octanol–water partition coefficient (Wildman–Crippen LogP) is 2.38. The number of piperidine rings is 1. The van der Waals surface area contributed by atoms with E-state index in [1.807, 2.05) is 0 Å². The summed E-state index contributed by atoms with van der Waals surface area (Å²) in [5.74, 6) is -0.965. The Labute approximate surface area is 237 Å². The summed E-state index contributed by atoms with van der Waals surface area (Å²) in [6.45, 7) is 5.09. The Morgan fingerprint density at radius 3 is 2.52 bits per heavy atom. The molecule has 0 aromatic heterocycles. The molecule has 9 nitrogen and oxygen atoms in total. The average Bonchev–Trinajstić information content (AvgIpc) is 3.56. The van der Waals surface area contributed by atoms with Gasteiger partial charge >= 0.3 is 5.97 Å². The summed E-state index contributed by atoms with van der Waals surface area (Å²) in [4.78, 5) is 39.7. The van der Waals surface area contributed by atoms with Crippen LogP contribution in [0, 0.1) is 16.7 Å². The van der Waals surface area contributed by atoms with Crippen LogP contribution in [0.3, 0.4) is 0 Å². The highest BCUT2D eigenvalue weighted by atomic mass is 32.2. The summed E-state index contributed by atoms with van der Waals surface area (Å²) >= 11 is 0. The van der Waals surface area contributed by atoms with Gasteiger partial charge in [-0.25, -0.2) is 12.7 Å². The van der Waals surface area contributed by atoms with E-state index in [0.717, 1.165) is 32.1 Å². The lowest BCUT2D eigenvalue weighted by molar-refractivity contribution is -0.145. The molecule has 4 fully saturated rings. The number of carbonyl (C=O) groups excluding carboxylic acids is 3. The van der Waals surface area contributed by atoms with Crippen LogP contribution < -0.4 is 5.32 Å². The summed E-state index contributed by atoms with van der Waals surface area (Å²) in [6.07, 6.45) is 5.95. The number of carbonyl (C=O) groups is 3. The number of methoxy groups -OCH3 is 1. The van der Waals surface area contributed by atoms with Gasteiger partial charge in [0.1, 0.15) is 0 Å². The van der Waals surface area contributed by atoms with E-state index in [2.05, 4.69) is 48.2 Å². The second kappa shape index (κ2) is 9.63. The molecular formula is C30H41N3O6S. The number of ether oxygens (including phenoxy) is 1. The minimum Gasteiger partial charge on any atom is -0.468 e. The molecule has 3 aliphatic carbocycles. The van der Waals surface area contributed by atoms with Gasteiger partial charge in [0.05, 0.1) is 31.9 Å². The summed E-state index contributed by atoms with van der Waals surface area (Å²) < 4.78 is 34.6. The third-order valence-electron chi connectivity index (χ3n) is 11.6. The van der Waals surface area contributed by atoms with E-state index in [-0.39, 0.29) is 47.3 Å². The van der Waals surface area contributed by atoms with Gasteiger partial charge in [-0.15, -0.1) is 0 Å². The van der Waals surface area contributed by atoms with Gasteiger partial charge in [0, 0.05) is 24.5 Å². The number of sulfonamides is 1. The van der Waals surface area contributed by atoms with Crippen LogP contribution in [-0.4, -0.2) is 80.0 Å². The lowest BCUT2D eigenvalue weighted by Gasteiger charge is -2.46. The van der Waals surface area contributed by atoms with E-state index >= 15 is 0 Å². The highest BCUT2D eigenvalue weighted by Crippen LogP contribution is 2.67. The van der Waals surface area contributed by atoms with Gasteiger partial charge in [-0.2, -0.15) is 0 Å². The van der Waals surface area contributed by atoms with Crippen LogP contribution in [0.4, 0.5) is 0 Å². The number of amides is 2. The van der Waals surface area contributed by atoms with Gasteiger partial charge in [-0.1, -0.05) is 38.1 Å². The number of imide groups is 1. The number of hydrogen-bond donors (Lipinski definition) is 1. The van der Waals surface area contributed by atoms with Gasteiger partial charge < -0.3 is 4.74 Å². The van der Waals surface area contributed by atoms with Crippen molar-refractivity contribution < 1.29 is 27.5 Å². The largest absolute Gasteiger partial charge is 0.468 e. The Bertz CT molecular complexity index is 1330. The minimum absolute atomic E-state index is 0.0318. The predicted molar refractivity (Wildman–Crippen MR) is 149 cm³/mol. The van der Waals surface area contributed by atoms with Gasteiger partial charge in [-0.3, -0.25) is 24.6 Å². The highest BCUT2D eigenvalue weighted by molar-refractivity contribution is 7.89. The number of nitrogens with one attached hydrogen (secondary N) is 1. The number of rotatable bonds is 7. The van der Waals surface area contributed by atoms with Crippen molar-refractivity contribution in [2.24, 2.45) is 16.7 Å². The maximum Gasteiger partial charge on any atom is 0.319 e. The zero-order valence-electron chi connectivity index (χ0n) is 23.8. The van der Waals surface area contributed by atoms with Gasteiger partial charge in [0.25, 0.3) is 0 Å². The number of esters is 1. The summed E-state index contributed by atoms with van der Waals surface area (Å²) in [5.41, 5.74) is 1.82. The molecule has 2 unspecified atom stereocenters. The number of aryl methyl sites for hydroxylation is 1. The van der Waals surface area contributed by atoms with Crippen molar-refractivity contribution in [1.29, 1.82) is 0 Å². The standard InChI is InChI=1S/C30H41N3O6S/c1-28(2)21-9-11-30(28,24(16-21)33-25(34)17-23(27(33)36)31-18-26(35)39-3)19-40(37,38)32-14-12-29(13-15-32)10-8-20-6-4-5-7-22(20)29/h4-7,21,23-24,31H,8-19H2,1-3H3/t21?,23?,24-,30+/m0/s1. The Morgan fingerprint density at radius 2 is 1.82 bits per heavy atom. The molecular weight excluding hydrogens is 530 g/mol. The summed E-state index contributed by atoms with van der Waals surface area (Å²) in [5, 5.41) is 2.86. The molecule has 5 aliphatic rings. The van der Waals surface area contributed by atoms with Gasteiger partial charge in [0.2, 0.25) is 21.8 Å². The first-order chi connectivity index (χ1) is 18.9. The van der Waals surface area contributed by atoms with Crippen molar-refractivity contribution >= 4 is 27.8 Å². The highest BCUT2D eigenvalue weighted by Gasteiger charge is 2.68. The molecule has 4 atom stereocenters. The van der Waals surface area contributed by atoms with Gasteiger partial charge in [-0.05, 0) is 72.8 Å². The smallest absolute Gasteiger partial charge is 0.319 e. The fourth-order valence-corrected chi connectivity index (χ4v) is 11.3. The zero-order valence-corrected chi connectivity index (χ0v) is 24.6. The zero-order chi connectivity index (χ0) is 28.5. The average molecular weight is 572 g/mol. The van der Waals surface area contributed by atoms with Crippen LogP contribution in [0.1, 0.15) is 69.9 Å². The molecule has 1 spiro atoms. The molecule has 0 radical (unpaired) electrons. The Balaban J connectivity index is 1.22. The molecule has 2 bridgehead atoms. The van der Waals surface area contributed by atoms with Crippen molar-refractivity contribution in [3.05, 3.63) is 35.4 Å². The number of fused-ring (bicyclic) bond motifs is 4. The monoisotopic (exact) mass is 571 g/mol. The third kappa shape index (κ3) is 4.08. The molecule has 2 aliphatic heterocycles. The van der Waals surface area contributed by atoms with Crippen LogP contribution in [0.5, 0.6) is 0 Å². The SMILES string of the molecule is COC(=O)CNC1CC(=O)N([C@H]2CC3CC[C@]2(CS(=O)(=O)N2CCC4(CCc5ccccc54)CC2)C3(C)C)C1=O. The maximum atomic E-state index is 14.1. The number of hydrogen-bond acceptors (Lipinski definition) is 7. The molecule has 40 heavy (non-hydrogen) atoms. The Kier molecular flexibility index (Phi) is 6.70. The van der Waals surface area contributed by atoms with Crippen LogP contribution in [0.25, 0.3) is 0 Å². The fraction of sp³-hybridized carbons (Fsp3) is 0.700. The van der Waals surface area contributed by atoms with Crippen LogP contribution in [-0.2, 0) is 41.0 Å². The second-order valence-electron chi connectivity index (χ2n) is 13.3. The van der Waals surface area contributed by atoms with Crippen molar-refractivity contribution in [3.63, 3.8) is 0 Å². The van der Waals surface area contributed by atoms with Crippen LogP contribution in [0.15, 0.2) is 24.3 Å². The molecule has 2 heterocycles. The van der Waals surface area contributed by atoms with Crippen molar-refractivity contribution in [2.75, 3.05) is 32.5 Å².